The van der Waals surface area contributed by atoms with E-state index in [0.29, 0.717) is 12.1 Å². The molecule has 2 saturated carbocycles. The van der Waals surface area contributed by atoms with Crippen molar-refractivity contribution in [1.29, 1.82) is 0 Å². The Morgan fingerprint density at radius 3 is 2.63 bits per heavy atom. The molecule has 2 aliphatic carbocycles. The number of hydrogen-bond acceptors (Lipinski definition) is 3. The fourth-order valence-corrected chi connectivity index (χ4v) is 3.31. The van der Waals surface area contributed by atoms with Crippen LogP contribution in [-0.4, -0.2) is 33.1 Å². The van der Waals surface area contributed by atoms with E-state index in [1.165, 1.54) is 44.2 Å². The van der Waals surface area contributed by atoms with E-state index in [2.05, 4.69) is 27.6 Å². The van der Waals surface area contributed by atoms with Crippen LogP contribution in [0.5, 0.6) is 0 Å². The molecule has 0 amide bonds. The van der Waals surface area contributed by atoms with E-state index in [-0.39, 0.29) is 0 Å². The van der Waals surface area contributed by atoms with Gasteiger partial charge in [-0.25, -0.2) is 4.98 Å². The molecule has 0 aromatic carbocycles. The Morgan fingerprint density at radius 2 is 2.00 bits per heavy atom. The first-order chi connectivity index (χ1) is 9.28. The standard InChI is InChI=1S/C15H26N4/c1-2-18(13-5-3-12(16)4-6-13)10-15-9-17-11-19(15)14-7-8-14/h9,11-14H,2-8,10,16H2,1H3. The minimum atomic E-state index is 0.437. The molecule has 2 N–H and O–H groups in total. The SMILES string of the molecule is CCN(Cc1cncn1C1CC1)C1CCC(N)CC1. The van der Waals surface area contributed by atoms with Gasteiger partial charge < -0.3 is 10.3 Å². The van der Waals surface area contributed by atoms with Crippen LogP contribution < -0.4 is 5.73 Å². The second kappa shape index (κ2) is 5.63. The first-order valence-corrected chi connectivity index (χ1v) is 7.78. The highest BCUT2D eigenvalue weighted by Gasteiger charge is 2.28. The molecule has 3 rings (SSSR count). The van der Waals surface area contributed by atoms with Crippen molar-refractivity contribution in [1.82, 2.24) is 14.5 Å². The van der Waals surface area contributed by atoms with Crippen molar-refractivity contribution in [2.45, 2.75) is 70.1 Å². The summed E-state index contributed by atoms with van der Waals surface area (Å²) in [6, 6.07) is 1.88. The molecule has 1 aromatic heterocycles. The summed E-state index contributed by atoms with van der Waals surface area (Å²) in [6.07, 6.45) is 11.6. The van der Waals surface area contributed by atoms with Gasteiger partial charge in [0.2, 0.25) is 0 Å². The third-order valence-corrected chi connectivity index (χ3v) is 4.72. The Labute approximate surface area is 116 Å². The number of imidazole rings is 1. The summed E-state index contributed by atoms with van der Waals surface area (Å²) < 4.78 is 2.39. The van der Waals surface area contributed by atoms with Crippen LogP contribution in [0, 0.1) is 0 Å². The average Bonchev–Trinajstić information content (AvgIpc) is 3.17. The van der Waals surface area contributed by atoms with Gasteiger partial charge in [-0.1, -0.05) is 6.92 Å². The maximum Gasteiger partial charge on any atom is 0.0951 e. The van der Waals surface area contributed by atoms with Crippen LogP contribution in [0.25, 0.3) is 0 Å². The van der Waals surface area contributed by atoms with Gasteiger partial charge >= 0.3 is 0 Å². The third kappa shape index (κ3) is 3.00. The molecule has 4 nitrogen and oxygen atoms in total. The Morgan fingerprint density at radius 1 is 1.26 bits per heavy atom. The van der Waals surface area contributed by atoms with E-state index in [4.69, 9.17) is 5.73 Å². The van der Waals surface area contributed by atoms with E-state index < -0.39 is 0 Å². The zero-order valence-corrected chi connectivity index (χ0v) is 12.0. The summed E-state index contributed by atoms with van der Waals surface area (Å²) in [5, 5.41) is 0. The molecule has 19 heavy (non-hydrogen) atoms. The van der Waals surface area contributed by atoms with Crippen LogP contribution >= 0.6 is 0 Å². The highest BCUT2D eigenvalue weighted by atomic mass is 15.2. The van der Waals surface area contributed by atoms with Gasteiger partial charge in [0.25, 0.3) is 0 Å². The van der Waals surface area contributed by atoms with Crippen LogP contribution in [0.3, 0.4) is 0 Å². The molecule has 2 fully saturated rings. The fourth-order valence-electron chi connectivity index (χ4n) is 3.31. The summed E-state index contributed by atoms with van der Waals surface area (Å²) in [4.78, 5) is 6.96. The van der Waals surface area contributed by atoms with Gasteiger partial charge in [0.15, 0.2) is 0 Å². The van der Waals surface area contributed by atoms with Crippen molar-refractivity contribution in [2.24, 2.45) is 5.73 Å². The largest absolute Gasteiger partial charge is 0.330 e. The lowest BCUT2D eigenvalue weighted by Crippen LogP contribution is -2.40. The summed E-state index contributed by atoms with van der Waals surface area (Å²) in [6.45, 7) is 4.44. The van der Waals surface area contributed by atoms with Gasteiger partial charge in [0.1, 0.15) is 0 Å². The van der Waals surface area contributed by atoms with Gasteiger partial charge in [0, 0.05) is 30.9 Å². The molecule has 4 heteroatoms. The Bertz CT molecular complexity index is 402. The Hall–Kier alpha value is -0.870. The molecule has 0 bridgehead atoms. The first kappa shape index (κ1) is 13.1. The molecule has 106 valence electrons. The van der Waals surface area contributed by atoms with Crippen molar-refractivity contribution in [3.63, 3.8) is 0 Å². The van der Waals surface area contributed by atoms with Gasteiger partial charge in [-0.15, -0.1) is 0 Å². The second-order valence-electron chi connectivity index (χ2n) is 6.16. The van der Waals surface area contributed by atoms with E-state index in [1.807, 2.05) is 6.33 Å². The summed E-state index contributed by atoms with van der Waals surface area (Å²) in [5.74, 6) is 0. The Kier molecular flexibility index (Phi) is 3.89. The molecule has 0 unspecified atom stereocenters. The first-order valence-electron chi connectivity index (χ1n) is 7.78. The van der Waals surface area contributed by atoms with Crippen molar-refractivity contribution in [2.75, 3.05) is 6.54 Å². The van der Waals surface area contributed by atoms with E-state index in [9.17, 15) is 0 Å². The van der Waals surface area contributed by atoms with Crippen molar-refractivity contribution >= 4 is 0 Å². The van der Waals surface area contributed by atoms with Crippen LogP contribution in [-0.2, 0) is 6.54 Å². The van der Waals surface area contributed by atoms with Gasteiger partial charge in [-0.3, -0.25) is 4.90 Å². The maximum atomic E-state index is 6.01. The highest BCUT2D eigenvalue weighted by Crippen LogP contribution is 2.36. The third-order valence-electron chi connectivity index (χ3n) is 4.72. The topological polar surface area (TPSA) is 47.1 Å². The number of hydrogen-bond donors (Lipinski definition) is 1. The predicted molar refractivity (Wildman–Crippen MR) is 76.8 cm³/mol. The molecule has 0 atom stereocenters. The van der Waals surface area contributed by atoms with Crippen LogP contribution in [0.15, 0.2) is 12.5 Å². The molecule has 1 aromatic rings. The molecule has 0 aliphatic heterocycles. The summed E-state index contributed by atoms with van der Waals surface area (Å²) in [7, 11) is 0. The van der Waals surface area contributed by atoms with Crippen molar-refractivity contribution in [3.8, 4) is 0 Å². The molecule has 1 heterocycles. The zero-order valence-electron chi connectivity index (χ0n) is 12.0. The molecular formula is C15H26N4. The quantitative estimate of drug-likeness (QED) is 0.886. The fraction of sp³-hybridized carbons (Fsp3) is 0.800. The van der Waals surface area contributed by atoms with Gasteiger partial charge in [-0.05, 0) is 45.1 Å². The van der Waals surface area contributed by atoms with Crippen molar-refractivity contribution < 1.29 is 0 Å². The normalized spacial score (nSPS) is 27.9. The van der Waals surface area contributed by atoms with Crippen LogP contribution in [0.1, 0.15) is 57.2 Å². The molecule has 0 radical (unpaired) electrons. The lowest BCUT2D eigenvalue weighted by atomic mass is 9.90. The Balaban J connectivity index is 1.64. The molecule has 2 aliphatic rings. The molecule has 0 spiro atoms. The smallest absolute Gasteiger partial charge is 0.0951 e. The summed E-state index contributed by atoms with van der Waals surface area (Å²) in [5.41, 5.74) is 7.40. The average molecular weight is 262 g/mol. The van der Waals surface area contributed by atoms with Gasteiger partial charge in [-0.2, -0.15) is 0 Å². The molecule has 0 saturated heterocycles. The molecular weight excluding hydrogens is 236 g/mol. The van der Waals surface area contributed by atoms with E-state index in [0.717, 1.165) is 19.1 Å². The van der Waals surface area contributed by atoms with Crippen LogP contribution in [0.4, 0.5) is 0 Å². The monoisotopic (exact) mass is 262 g/mol. The van der Waals surface area contributed by atoms with E-state index >= 15 is 0 Å². The number of nitrogens with zero attached hydrogens (tertiary/aromatic N) is 3. The maximum absolute atomic E-state index is 6.01. The number of nitrogens with two attached hydrogens (primary N) is 1. The lowest BCUT2D eigenvalue weighted by molar-refractivity contribution is 0.146. The second-order valence-corrected chi connectivity index (χ2v) is 6.16. The highest BCUT2D eigenvalue weighted by molar-refractivity contribution is 5.04. The summed E-state index contributed by atoms with van der Waals surface area (Å²) >= 11 is 0. The lowest BCUT2D eigenvalue weighted by Gasteiger charge is -2.35. The minimum absolute atomic E-state index is 0.437. The van der Waals surface area contributed by atoms with E-state index in [1.54, 1.807) is 0 Å². The number of aromatic nitrogens is 2. The number of rotatable bonds is 5. The minimum Gasteiger partial charge on any atom is -0.330 e. The van der Waals surface area contributed by atoms with Gasteiger partial charge in [0.05, 0.1) is 12.0 Å². The van der Waals surface area contributed by atoms with Crippen molar-refractivity contribution in [3.05, 3.63) is 18.2 Å². The van der Waals surface area contributed by atoms with Crippen LogP contribution in [0.2, 0.25) is 0 Å². The predicted octanol–water partition coefficient (Wildman–Crippen LogP) is 2.31. The zero-order chi connectivity index (χ0) is 13.2.